The van der Waals surface area contributed by atoms with E-state index in [0.717, 1.165) is 25.7 Å². The molecule has 1 saturated carbocycles. The highest BCUT2D eigenvalue weighted by Crippen LogP contribution is 2.34. The van der Waals surface area contributed by atoms with E-state index in [1.54, 1.807) is 10.9 Å². The molecule has 1 saturated heterocycles. The Kier molecular flexibility index (Phi) is 7.89. The summed E-state index contributed by atoms with van der Waals surface area (Å²) in [6.07, 6.45) is 5.11. The number of aliphatic hydroxyl groups is 2. The number of nitrogens with one attached hydrogen (secondary N) is 1. The second-order valence-electron chi connectivity index (χ2n) is 10.1. The molecule has 2 aliphatic rings. The largest absolute Gasteiger partial charge is 0.396 e. The normalized spacial score (nSPS) is 27.4. The van der Waals surface area contributed by atoms with Crippen LogP contribution < -0.4 is 5.32 Å². The summed E-state index contributed by atoms with van der Waals surface area (Å²) in [6, 6.07) is -1.38. The van der Waals surface area contributed by atoms with Gasteiger partial charge in [-0.15, -0.1) is 5.10 Å². The number of carbonyl (C=O) groups is 2. The maximum Gasteiger partial charge on any atom is 0.248 e. The molecule has 0 unspecified atom stereocenters. The van der Waals surface area contributed by atoms with Crippen LogP contribution >= 0.6 is 0 Å². The third kappa shape index (κ3) is 5.65. The molecule has 1 aliphatic carbocycles. The van der Waals surface area contributed by atoms with Crippen LogP contribution in [0.15, 0.2) is 6.20 Å². The monoisotopic (exact) mass is 451 g/mol. The van der Waals surface area contributed by atoms with Gasteiger partial charge in [-0.1, -0.05) is 26.0 Å². The highest BCUT2D eigenvalue weighted by atomic mass is 16.5. The fourth-order valence-corrected chi connectivity index (χ4v) is 4.70. The summed E-state index contributed by atoms with van der Waals surface area (Å²) >= 11 is 0. The van der Waals surface area contributed by atoms with E-state index >= 15 is 0 Å². The maximum absolute atomic E-state index is 13.5. The van der Waals surface area contributed by atoms with E-state index in [4.69, 9.17) is 4.74 Å². The van der Waals surface area contributed by atoms with Crippen molar-refractivity contribution < 1.29 is 24.5 Å². The second-order valence-corrected chi connectivity index (χ2v) is 10.1. The molecular formula is C22H37N5O5. The average Bonchev–Trinajstić information content (AvgIpc) is 3.37. The first kappa shape index (κ1) is 24.6. The van der Waals surface area contributed by atoms with E-state index in [2.05, 4.69) is 15.6 Å². The SMILES string of the molecule is CNC(=O)[C@H]1C[C@H](O)CN1C(=O)[C@@H](n1cc(COC2CCC(CO)CC2)nn1)C(C)(C)C. The number of rotatable bonds is 7. The predicted octanol–water partition coefficient (Wildman–Crippen LogP) is 0.641. The van der Waals surface area contributed by atoms with E-state index in [1.807, 2.05) is 20.8 Å². The molecular weight excluding hydrogens is 414 g/mol. The molecule has 1 aromatic heterocycles. The van der Waals surface area contributed by atoms with Crippen molar-refractivity contribution in [3.05, 3.63) is 11.9 Å². The molecule has 10 heteroatoms. The molecule has 0 aromatic carbocycles. The van der Waals surface area contributed by atoms with Crippen LogP contribution in [0.4, 0.5) is 0 Å². The molecule has 2 fully saturated rings. The quantitative estimate of drug-likeness (QED) is 0.555. The van der Waals surface area contributed by atoms with Gasteiger partial charge >= 0.3 is 0 Å². The number of aliphatic hydroxyl groups excluding tert-OH is 2. The first-order valence-corrected chi connectivity index (χ1v) is 11.5. The van der Waals surface area contributed by atoms with Crippen molar-refractivity contribution in [2.24, 2.45) is 11.3 Å². The van der Waals surface area contributed by atoms with Gasteiger partial charge in [-0.25, -0.2) is 4.68 Å². The molecule has 0 radical (unpaired) electrons. The van der Waals surface area contributed by atoms with E-state index in [1.165, 1.54) is 11.9 Å². The van der Waals surface area contributed by atoms with Crippen LogP contribution in [0.1, 0.15) is 64.6 Å². The predicted molar refractivity (Wildman–Crippen MR) is 116 cm³/mol. The molecule has 0 spiro atoms. The zero-order chi connectivity index (χ0) is 23.5. The average molecular weight is 452 g/mol. The number of likely N-dealkylation sites (N-methyl/N-ethyl adjacent to an activating group) is 1. The number of aromatic nitrogens is 3. The van der Waals surface area contributed by atoms with E-state index in [9.17, 15) is 19.8 Å². The van der Waals surface area contributed by atoms with Crippen LogP contribution in [0, 0.1) is 11.3 Å². The molecule has 2 heterocycles. The fourth-order valence-electron chi connectivity index (χ4n) is 4.70. The van der Waals surface area contributed by atoms with Crippen molar-refractivity contribution >= 4 is 11.8 Å². The minimum atomic E-state index is -0.734. The molecule has 2 amide bonds. The second kappa shape index (κ2) is 10.3. The number of amides is 2. The van der Waals surface area contributed by atoms with Gasteiger partial charge in [0.1, 0.15) is 17.8 Å². The van der Waals surface area contributed by atoms with Crippen LogP contribution in [-0.2, 0) is 20.9 Å². The number of carbonyl (C=O) groups excluding carboxylic acids is 2. The summed E-state index contributed by atoms with van der Waals surface area (Å²) in [5.41, 5.74) is 0.146. The van der Waals surface area contributed by atoms with Gasteiger partial charge in [0.25, 0.3) is 0 Å². The molecule has 1 aliphatic heterocycles. The van der Waals surface area contributed by atoms with Crippen LogP contribution in [0.3, 0.4) is 0 Å². The first-order valence-electron chi connectivity index (χ1n) is 11.5. The van der Waals surface area contributed by atoms with Gasteiger partial charge in [-0.2, -0.15) is 0 Å². The number of hydrogen-bond acceptors (Lipinski definition) is 7. The lowest BCUT2D eigenvalue weighted by Gasteiger charge is -2.34. The molecule has 3 rings (SSSR count). The summed E-state index contributed by atoms with van der Waals surface area (Å²) in [4.78, 5) is 27.3. The van der Waals surface area contributed by atoms with Crippen LogP contribution in [0.5, 0.6) is 0 Å². The van der Waals surface area contributed by atoms with Crippen LogP contribution in [-0.4, -0.2) is 80.4 Å². The summed E-state index contributed by atoms with van der Waals surface area (Å²) in [6.45, 7) is 6.48. The molecule has 1 aromatic rings. The highest BCUT2D eigenvalue weighted by Gasteiger charge is 2.45. The van der Waals surface area contributed by atoms with E-state index in [0.29, 0.717) is 18.2 Å². The number of β-amino-alcohol motifs (C(OH)–C–C–N with tert-alkyl or cyclic N) is 1. The van der Waals surface area contributed by atoms with Gasteiger partial charge in [0, 0.05) is 26.6 Å². The Labute approximate surface area is 189 Å². The van der Waals surface area contributed by atoms with E-state index < -0.39 is 23.6 Å². The zero-order valence-corrected chi connectivity index (χ0v) is 19.5. The number of hydrogen-bond donors (Lipinski definition) is 3. The Morgan fingerprint density at radius 2 is 1.97 bits per heavy atom. The lowest BCUT2D eigenvalue weighted by molar-refractivity contribution is -0.144. The molecule has 32 heavy (non-hydrogen) atoms. The van der Waals surface area contributed by atoms with Crippen LogP contribution in [0.25, 0.3) is 0 Å². The Balaban J connectivity index is 1.70. The smallest absolute Gasteiger partial charge is 0.248 e. The molecule has 3 N–H and O–H groups in total. The van der Waals surface area contributed by atoms with Crippen molar-refractivity contribution in [3.63, 3.8) is 0 Å². The lowest BCUT2D eigenvalue weighted by Crippen LogP contribution is -2.49. The molecule has 0 bridgehead atoms. The Bertz CT molecular complexity index is 784. The molecule has 180 valence electrons. The molecule has 3 atom stereocenters. The van der Waals surface area contributed by atoms with Gasteiger partial charge in [0.15, 0.2) is 0 Å². The summed E-state index contributed by atoms with van der Waals surface area (Å²) < 4.78 is 7.55. The van der Waals surface area contributed by atoms with Crippen LogP contribution in [0.2, 0.25) is 0 Å². The molecule has 10 nitrogen and oxygen atoms in total. The first-order chi connectivity index (χ1) is 15.1. The fraction of sp³-hybridized carbons (Fsp3) is 0.818. The van der Waals surface area contributed by atoms with Gasteiger partial charge in [-0.3, -0.25) is 9.59 Å². The minimum absolute atomic E-state index is 0.116. The lowest BCUT2D eigenvalue weighted by atomic mass is 9.85. The van der Waals surface area contributed by atoms with Crippen molar-refractivity contribution in [1.82, 2.24) is 25.2 Å². The maximum atomic E-state index is 13.5. The summed E-state index contributed by atoms with van der Waals surface area (Å²) in [5.74, 6) is -0.175. The number of likely N-dealkylation sites (tertiary alicyclic amines) is 1. The standard InChI is InChI=1S/C22H37N5O5/c1-22(2,3)19(21(31)26-11-16(29)9-18(26)20(30)23-4)27-10-15(24-25-27)13-32-17-7-5-14(12-28)6-8-17/h10,14,16-19,28-29H,5-9,11-13H2,1-4H3,(H,23,30)/t14?,16-,17?,18+,19+/m0/s1. The third-order valence-electron chi connectivity index (χ3n) is 6.51. The van der Waals surface area contributed by atoms with Crippen molar-refractivity contribution in [3.8, 4) is 0 Å². The Morgan fingerprint density at radius 1 is 1.28 bits per heavy atom. The Morgan fingerprint density at radius 3 is 2.56 bits per heavy atom. The number of ether oxygens (including phenoxy) is 1. The van der Waals surface area contributed by atoms with Gasteiger partial charge in [-0.05, 0) is 37.0 Å². The highest BCUT2D eigenvalue weighted by molar-refractivity contribution is 5.90. The topological polar surface area (TPSA) is 130 Å². The Hall–Kier alpha value is -2.04. The van der Waals surface area contributed by atoms with Gasteiger partial charge in [0.2, 0.25) is 11.8 Å². The summed E-state index contributed by atoms with van der Waals surface area (Å²) in [7, 11) is 1.52. The van der Waals surface area contributed by atoms with Crippen molar-refractivity contribution in [2.75, 3.05) is 20.2 Å². The third-order valence-corrected chi connectivity index (χ3v) is 6.51. The summed E-state index contributed by atoms with van der Waals surface area (Å²) in [5, 5.41) is 30.4. The zero-order valence-electron chi connectivity index (χ0n) is 19.5. The van der Waals surface area contributed by atoms with E-state index in [-0.39, 0.29) is 37.5 Å². The van der Waals surface area contributed by atoms with Crippen molar-refractivity contribution in [1.29, 1.82) is 0 Å². The van der Waals surface area contributed by atoms with Gasteiger partial charge < -0.3 is 25.2 Å². The minimum Gasteiger partial charge on any atom is -0.396 e. The number of nitrogens with zero attached hydrogens (tertiary/aromatic N) is 4. The van der Waals surface area contributed by atoms with Gasteiger partial charge in [0.05, 0.1) is 25.0 Å². The van der Waals surface area contributed by atoms with Crippen molar-refractivity contribution in [2.45, 2.75) is 83.8 Å².